The number of methoxy groups -OCH3 is 1. The molecule has 0 unspecified atom stereocenters. The van der Waals surface area contributed by atoms with E-state index in [0.29, 0.717) is 6.54 Å². The molecule has 2 aromatic rings. The summed E-state index contributed by atoms with van der Waals surface area (Å²) in [6, 6.07) is 12.1. The van der Waals surface area contributed by atoms with Crippen LogP contribution in [0.5, 0.6) is 5.75 Å². The highest BCUT2D eigenvalue weighted by atomic mass is 35.5. The second-order valence-corrected chi connectivity index (χ2v) is 7.11. The van der Waals surface area contributed by atoms with Gasteiger partial charge in [0, 0.05) is 56.6 Å². The maximum atomic E-state index is 12.2. The smallest absolute Gasteiger partial charge is 0.288 e. The topological polar surface area (TPSA) is 88.0 Å². The van der Waals surface area contributed by atoms with Crippen LogP contribution in [0, 0.1) is 10.1 Å². The van der Waals surface area contributed by atoms with E-state index in [2.05, 4.69) is 27.2 Å². The summed E-state index contributed by atoms with van der Waals surface area (Å²) in [7, 11) is 1.65. The minimum atomic E-state index is -0.596. The zero-order chi connectivity index (χ0) is 20.8. The molecule has 3 rings (SSSR count). The molecule has 0 aromatic heterocycles. The first-order chi connectivity index (χ1) is 14.0. The summed E-state index contributed by atoms with van der Waals surface area (Å²) in [6.45, 7) is 4.80. The molecule has 1 amide bonds. The fourth-order valence-corrected chi connectivity index (χ4v) is 3.43. The number of hydrogen-bond donors (Lipinski definition) is 1. The monoisotopic (exact) mass is 418 g/mol. The van der Waals surface area contributed by atoms with E-state index >= 15 is 0 Å². The summed E-state index contributed by atoms with van der Waals surface area (Å²) in [5, 5.41) is 13.8. The van der Waals surface area contributed by atoms with Gasteiger partial charge in [0.15, 0.2) is 0 Å². The number of carbonyl (C=O) groups excluding carboxylic acids is 1. The van der Waals surface area contributed by atoms with E-state index in [4.69, 9.17) is 16.3 Å². The molecular weight excluding hydrogens is 396 g/mol. The largest absolute Gasteiger partial charge is 0.497 e. The van der Waals surface area contributed by atoms with Crippen LogP contribution in [0.4, 0.5) is 11.4 Å². The second kappa shape index (κ2) is 9.58. The van der Waals surface area contributed by atoms with E-state index in [0.717, 1.165) is 38.5 Å². The molecule has 0 radical (unpaired) electrons. The van der Waals surface area contributed by atoms with E-state index in [1.807, 2.05) is 12.1 Å². The van der Waals surface area contributed by atoms with Crippen molar-refractivity contribution in [1.82, 2.24) is 10.2 Å². The number of halogens is 1. The van der Waals surface area contributed by atoms with E-state index in [9.17, 15) is 14.9 Å². The number of nitro benzene ring substituents is 1. The normalized spacial score (nSPS) is 14.5. The summed E-state index contributed by atoms with van der Waals surface area (Å²) in [6.07, 6.45) is 0. The standard InChI is InChI=1S/C20H23ClN4O4/c1-29-17-5-3-16(4-6-17)24-12-10-23(11-13-24)9-8-22-20(26)15-2-7-18(21)19(14-15)25(27)28/h2-7,14H,8-13H2,1H3,(H,22,26). The van der Waals surface area contributed by atoms with Crippen LogP contribution in [-0.4, -0.2) is 62.1 Å². The summed E-state index contributed by atoms with van der Waals surface area (Å²) in [4.78, 5) is 27.2. The molecule has 29 heavy (non-hydrogen) atoms. The van der Waals surface area contributed by atoms with Gasteiger partial charge in [-0.2, -0.15) is 0 Å². The molecule has 0 spiro atoms. The molecule has 1 aliphatic heterocycles. The van der Waals surface area contributed by atoms with Gasteiger partial charge in [0.05, 0.1) is 12.0 Å². The van der Waals surface area contributed by atoms with Crippen molar-refractivity contribution < 1.29 is 14.5 Å². The van der Waals surface area contributed by atoms with Crippen molar-refractivity contribution in [3.63, 3.8) is 0 Å². The number of anilines is 1. The van der Waals surface area contributed by atoms with E-state index < -0.39 is 4.92 Å². The molecule has 9 heteroatoms. The molecule has 0 saturated carbocycles. The Bertz CT molecular complexity index is 867. The number of rotatable bonds is 7. The van der Waals surface area contributed by atoms with Gasteiger partial charge in [0.25, 0.3) is 11.6 Å². The molecule has 2 aromatic carbocycles. The predicted molar refractivity (Wildman–Crippen MR) is 112 cm³/mol. The van der Waals surface area contributed by atoms with Crippen LogP contribution in [0.2, 0.25) is 5.02 Å². The highest BCUT2D eigenvalue weighted by Crippen LogP contribution is 2.25. The Balaban J connectivity index is 1.44. The molecule has 1 aliphatic rings. The van der Waals surface area contributed by atoms with Gasteiger partial charge in [-0.1, -0.05) is 11.6 Å². The van der Waals surface area contributed by atoms with Gasteiger partial charge >= 0.3 is 0 Å². The number of benzene rings is 2. The molecular formula is C20H23ClN4O4. The third kappa shape index (κ3) is 5.36. The maximum Gasteiger partial charge on any atom is 0.288 e. The van der Waals surface area contributed by atoms with Crippen LogP contribution < -0.4 is 15.0 Å². The zero-order valence-electron chi connectivity index (χ0n) is 16.1. The van der Waals surface area contributed by atoms with Gasteiger partial charge in [0.1, 0.15) is 10.8 Å². The summed E-state index contributed by atoms with van der Waals surface area (Å²) in [5.41, 5.74) is 1.13. The fourth-order valence-electron chi connectivity index (χ4n) is 3.25. The molecule has 1 heterocycles. The van der Waals surface area contributed by atoms with Crippen molar-refractivity contribution in [1.29, 1.82) is 0 Å². The average Bonchev–Trinajstić information content (AvgIpc) is 2.74. The van der Waals surface area contributed by atoms with Crippen molar-refractivity contribution in [3.05, 3.63) is 63.2 Å². The second-order valence-electron chi connectivity index (χ2n) is 6.71. The Morgan fingerprint density at radius 3 is 2.48 bits per heavy atom. The van der Waals surface area contributed by atoms with Gasteiger partial charge in [-0.3, -0.25) is 19.8 Å². The van der Waals surface area contributed by atoms with Crippen molar-refractivity contribution >= 4 is 28.9 Å². The van der Waals surface area contributed by atoms with Crippen molar-refractivity contribution in [2.45, 2.75) is 0 Å². The Hall–Kier alpha value is -2.84. The SMILES string of the molecule is COc1ccc(N2CCN(CCNC(=O)c3ccc(Cl)c([N+](=O)[O-])c3)CC2)cc1. The number of hydrogen-bond acceptors (Lipinski definition) is 6. The first kappa shape index (κ1) is 20.9. The number of ether oxygens (including phenoxy) is 1. The Kier molecular flexibility index (Phi) is 6.90. The molecule has 1 N–H and O–H groups in total. The predicted octanol–water partition coefficient (Wildman–Crippen LogP) is 2.81. The molecule has 1 saturated heterocycles. The third-order valence-electron chi connectivity index (χ3n) is 4.93. The highest BCUT2D eigenvalue weighted by molar-refractivity contribution is 6.32. The van der Waals surface area contributed by atoms with Crippen molar-refractivity contribution in [2.75, 3.05) is 51.3 Å². The van der Waals surface area contributed by atoms with Gasteiger partial charge in [-0.15, -0.1) is 0 Å². The van der Waals surface area contributed by atoms with E-state index in [-0.39, 0.29) is 22.2 Å². The van der Waals surface area contributed by atoms with Crippen LogP contribution in [0.15, 0.2) is 42.5 Å². The van der Waals surface area contributed by atoms with Gasteiger partial charge in [0.2, 0.25) is 0 Å². The van der Waals surface area contributed by atoms with Gasteiger partial charge in [-0.25, -0.2) is 0 Å². The first-order valence-electron chi connectivity index (χ1n) is 9.31. The summed E-state index contributed by atoms with van der Waals surface area (Å²) >= 11 is 5.78. The highest BCUT2D eigenvalue weighted by Gasteiger charge is 2.18. The van der Waals surface area contributed by atoms with E-state index in [1.165, 1.54) is 23.9 Å². The van der Waals surface area contributed by atoms with Crippen LogP contribution in [-0.2, 0) is 0 Å². The van der Waals surface area contributed by atoms with Crippen LogP contribution >= 0.6 is 11.6 Å². The zero-order valence-corrected chi connectivity index (χ0v) is 16.9. The summed E-state index contributed by atoms with van der Waals surface area (Å²) < 4.78 is 5.19. The number of nitrogens with one attached hydrogen (secondary N) is 1. The Labute approximate surface area is 174 Å². The van der Waals surface area contributed by atoms with Crippen molar-refractivity contribution in [3.8, 4) is 5.75 Å². The Morgan fingerprint density at radius 1 is 1.17 bits per heavy atom. The number of piperazine rings is 1. The quantitative estimate of drug-likeness (QED) is 0.549. The lowest BCUT2D eigenvalue weighted by molar-refractivity contribution is -0.384. The molecule has 0 bridgehead atoms. The molecule has 0 atom stereocenters. The van der Waals surface area contributed by atoms with Crippen LogP contribution in [0.1, 0.15) is 10.4 Å². The number of nitro groups is 1. The first-order valence-corrected chi connectivity index (χ1v) is 9.69. The summed E-state index contributed by atoms with van der Waals surface area (Å²) in [5.74, 6) is 0.496. The number of carbonyl (C=O) groups is 1. The van der Waals surface area contributed by atoms with Gasteiger partial charge < -0.3 is 15.0 Å². The van der Waals surface area contributed by atoms with E-state index in [1.54, 1.807) is 7.11 Å². The van der Waals surface area contributed by atoms with Crippen LogP contribution in [0.25, 0.3) is 0 Å². The van der Waals surface area contributed by atoms with Crippen LogP contribution in [0.3, 0.4) is 0 Å². The van der Waals surface area contributed by atoms with Gasteiger partial charge in [-0.05, 0) is 36.4 Å². The number of nitrogens with zero attached hydrogens (tertiary/aromatic N) is 3. The third-order valence-corrected chi connectivity index (χ3v) is 5.25. The molecule has 8 nitrogen and oxygen atoms in total. The number of amides is 1. The molecule has 154 valence electrons. The fraction of sp³-hybridized carbons (Fsp3) is 0.350. The lowest BCUT2D eigenvalue weighted by Gasteiger charge is -2.36. The lowest BCUT2D eigenvalue weighted by atomic mass is 10.2. The minimum Gasteiger partial charge on any atom is -0.497 e. The minimum absolute atomic E-state index is 0.0151. The maximum absolute atomic E-state index is 12.2. The average molecular weight is 419 g/mol. The molecule has 1 fully saturated rings. The lowest BCUT2D eigenvalue weighted by Crippen LogP contribution is -2.48. The Morgan fingerprint density at radius 2 is 1.86 bits per heavy atom. The molecule has 0 aliphatic carbocycles. The van der Waals surface area contributed by atoms with Crippen molar-refractivity contribution in [2.24, 2.45) is 0 Å².